The van der Waals surface area contributed by atoms with Crippen LogP contribution in [0.4, 0.5) is 0 Å². The number of fused-ring (bicyclic) bond motifs is 3. The zero-order chi connectivity index (χ0) is 37.9. The Labute approximate surface area is 312 Å². The lowest BCUT2D eigenvalue weighted by atomic mass is 9.87. The number of hydrogen-bond donors (Lipinski definition) is 1. The minimum absolute atomic E-state index is 0.116. The van der Waals surface area contributed by atoms with Crippen LogP contribution in [-0.4, -0.2) is 69.2 Å². The molecular formula is C44H60N2O6. The third kappa shape index (κ3) is 10.00. The van der Waals surface area contributed by atoms with E-state index in [1.165, 1.54) is 33.4 Å². The molecule has 8 nitrogen and oxygen atoms in total. The van der Waals surface area contributed by atoms with Gasteiger partial charge in [0.1, 0.15) is 5.76 Å². The summed E-state index contributed by atoms with van der Waals surface area (Å²) in [6.07, 6.45) is 9.75. The predicted molar refractivity (Wildman–Crippen MR) is 211 cm³/mol. The molecule has 3 heterocycles. The summed E-state index contributed by atoms with van der Waals surface area (Å²) in [5.74, 6) is 3.31. The van der Waals surface area contributed by atoms with Crippen LogP contribution < -0.4 is 14.2 Å². The van der Waals surface area contributed by atoms with Crippen molar-refractivity contribution < 1.29 is 28.8 Å². The van der Waals surface area contributed by atoms with Crippen molar-refractivity contribution in [2.45, 2.75) is 85.4 Å². The lowest BCUT2D eigenvalue weighted by Crippen LogP contribution is -2.33. The summed E-state index contributed by atoms with van der Waals surface area (Å²) in [5, 5.41) is 11.0. The van der Waals surface area contributed by atoms with Crippen molar-refractivity contribution in [2.24, 2.45) is 0 Å². The summed E-state index contributed by atoms with van der Waals surface area (Å²) in [7, 11) is 7.63. The van der Waals surface area contributed by atoms with Gasteiger partial charge in [-0.3, -0.25) is 9.80 Å². The average Bonchev–Trinajstić information content (AvgIpc) is 3.62. The molecule has 52 heavy (non-hydrogen) atoms. The highest BCUT2D eigenvalue weighted by Gasteiger charge is 2.35. The van der Waals surface area contributed by atoms with E-state index in [-0.39, 0.29) is 30.7 Å². The van der Waals surface area contributed by atoms with Crippen LogP contribution in [0.3, 0.4) is 0 Å². The number of nitrogens with zero attached hydrogens (tertiary/aromatic N) is 2. The van der Waals surface area contributed by atoms with Gasteiger partial charge in [0.15, 0.2) is 23.0 Å². The van der Waals surface area contributed by atoms with Crippen molar-refractivity contribution in [1.29, 1.82) is 0 Å². The molecule has 0 bridgehead atoms. The molecule has 3 aliphatic rings. The molecule has 0 spiro atoms. The van der Waals surface area contributed by atoms with Gasteiger partial charge in [-0.25, -0.2) is 0 Å². The molecule has 0 fully saturated rings. The Morgan fingerprint density at radius 1 is 1.02 bits per heavy atom. The quantitative estimate of drug-likeness (QED) is 0.127. The molecule has 0 aromatic heterocycles. The fourth-order valence-electron chi connectivity index (χ4n) is 6.76. The number of methoxy groups -OCH3 is 2. The Hall–Kier alpha value is -4.24. The number of phenols is 1. The van der Waals surface area contributed by atoms with Gasteiger partial charge in [-0.2, -0.15) is 0 Å². The third-order valence-corrected chi connectivity index (χ3v) is 10.1. The molecule has 3 aromatic rings. The van der Waals surface area contributed by atoms with Crippen molar-refractivity contribution in [3.8, 4) is 28.7 Å². The summed E-state index contributed by atoms with van der Waals surface area (Å²) in [6.45, 7) is 18.2. The highest BCUT2D eigenvalue weighted by Crippen LogP contribution is 2.52. The normalized spacial score (nSPS) is 18.7. The van der Waals surface area contributed by atoms with E-state index in [1.54, 1.807) is 14.2 Å². The molecule has 1 N–H and O–H groups in total. The van der Waals surface area contributed by atoms with Crippen LogP contribution in [0.25, 0.3) is 0 Å². The second-order valence-electron chi connectivity index (χ2n) is 13.7. The molecule has 0 amide bonds. The predicted octanol–water partition coefficient (Wildman–Crippen LogP) is 9.64. The summed E-state index contributed by atoms with van der Waals surface area (Å²) in [6, 6.07) is 15.1. The number of likely N-dealkylation sites (N-methyl/N-ethyl adjacent to an activating group) is 2. The monoisotopic (exact) mass is 712 g/mol. The van der Waals surface area contributed by atoms with E-state index >= 15 is 0 Å². The van der Waals surface area contributed by atoms with Gasteiger partial charge < -0.3 is 28.8 Å². The largest absolute Gasteiger partial charge is 0.504 e. The Morgan fingerprint density at radius 3 is 2.40 bits per heavy atom. The molecule has 6 rings (SSSR count). The number of allylic oxidation sites excluding steroid dienone is 3. The number of phenolic OH excluding ortho intramolecular Hbond substituents is 1. The van der Waals surface area contributed by atoms with Crippen molar-refractivity contribution >= 4 is 0 Å². The van der Waals surface area contributed by atoms with Gasteiger partial charge in [-0.1, -0.05) is 68.0 Å². The Kier molecular flexibility index (Phi) is 14.8. The van der Waals surface area contributed by atoms with E-state index in [2.05, 4.69) is 87.7 Å². The minimum atomic E-state index is 0.116. The van der Waals surface area contributed by atoms with Gasteiger partial charge in [-0.15, -0.1) is 0 Å². The topological polar surface area (TPSA) is 72.9 Å². The van der Waals surface area contributed by atoms with Gasteiger partial charge in [0.25, 0.3) is 0 Å². The van der Waals surface area contributed by atoms with Crippen LogP contribution in [0.1, 0.15) is 86.5 Å². The van der Waals surface area contributed by atoms with E-state index < -0.39 is 0 Å². The number of hydrogen-bond acceptors (Lipinski definition) is 8. The van der Waals surface area contributed by atoms with E-state index in [0.29, 0.717) is 28.8 Å². The first-order valence-electron chi connectivity index (χ1n) is 18.5. The summed E-state index contributed by atoms with van der Waals surface area (Å²) in [4.78, 5) is 4.72. The Balaban J connectivity index is 0.000000322. The summed E-state index contributed by atoms with van der Waals surface area (Å²) in [5.41, 5.74) is 8.53. The Bertz CT molecular complexity index is 1710. The first kappa shape index (κ1) is 40.5. The minimum Gasteiger partial charge on any atom is -0.504 e. The van der Waals surface area contributed by atoms with Gasteiger partial charge in [0, 0.05) is 37.8 Å². The maximum Gasteiger partial charge on any atom is 0.231 e. The molecule has 3 aliphatic heterocycles. The number of aromatic hydroxyl groups is 1. The standard InChI is InChI=1S/C30H34N2O4.C12H20O2.C2H6/c1-18-5-7-20(8-6-18)13-24-28-22(10-12-32(24)4)15-27-29(35-17-34-27)30(28)36-26-16-23-19(2)31(3)11-9-21(23)14-25(26)33;1-10(9-12(3)14-5)7-6-8-11(2)13-4;1-2/h5-8,14-16,19,24,33H,9-13,17H2,1-4H3;6,8-9,12H,2,7H2,1,3-5H3;1-2H3/b;8-6-,10-9-;/t19-,24+;;/m1../s1. The van der Waals surface area contributed by atoms with Gasteiger partial charge >= 0.3 is 0 Å². The number of benzene rings is 3. The SMILES string of the molecule is C=C(/C=C\C/C(C)=C\C(C)OC)OC.CC.Cc1ccc(C[C@H]2c3c(cc4c(c3Oc3cc5c(cc3O)CCN(C)[C@@H]5C)OCO4)CCN2C)cc1. The van der Waals surface area contributed by atoms with Crippen molar-refractivity contribution in [1.82, 2.24) is 9.80 Å². The molecule has 0 saturated carbocycles. The number of ether oxygens (including phenoxy) is 5. The van der Waals surface area contributed by atoms with Gasteiger partial charge in [0.2, 0.25) is 12.5 Å². The highest BCUT2D eigenvalue weighted by molar-refractivity contribution is 5.64. The molecule has 0 saturated heterocycles. The zero-order valence-electron chi connectivity index (χ0n) is 33.0. The van der Waals surface area contributed by atoms with Crippen LogP contribution in [-0.2, 0) is 28.7 Å². The van der Waals surface area contributed by atoms with Crippen LogP contribution in [0.2, 0.25) is 0 Å². The molecule has 0 aliphatic carbocycles. The molecule has 282 valence electrons. The van der Waals surface area contributed by atoms with Gasteiger partial charge in [0.05, 0.1) is 13.2 Å². The highest BCUT2D eigenvalue weighted by atomic mass is 16.7. The van der Waals surface area contributed by atoms with E-state index in [0.717, 1.165) is 44.3 Å². The maximum atomic E-state index is 11.0. The lowest BCUT2D eigenvalue weighted by Gasteiger charge is -2.36. The van der Waals surface area contributed by atoms with Crippen LogP contribution in [0.5, 0.6) is 28.7 Å². The Morgan fingerprint density at radius 2 is 1.71 bits per heavy atom. The van der Waals surface area contributed by atoms with Crippen LogP contribution in [0.15, 0.2) is 78.6 Å². The summed E-state index contributed by atoms with van der Waals surface area (Å²) >= 11 is 0. The summed E-state index contributed by atoms with van der Waals surface area (Å²) < 4.78 is 28.4. The molecule has 8 heteroatoms. The molecule has 1 unspecified atom stereocenters. The van der Waals surface area contributed by atoms with Crippen molar-refractivity contribution in [3.63, 3.8) is 0 Å². The second kappa shape index (κ2) is 19.0. The third-order valence-electron chi connectivity index (χ3n) is 10.1. The second-order valence-corrected chi connectivity index (χ2v) is 13.7. The first-order chi connectivity index (χ1) is 25.0. The van der Waals surface area contributed by atoms with Crippen LogP contribution >= 0.6 is 0 Å². The average molecular weight is 713 g/mol. The van der Waals surface area contributed by atoms with E-state index in [4.69, 9.17) is 23.7 Å². The molecule has 0 radical (unpaired) electrons. The van der Waals surface area contributed by atoms with E-state index in [1.807, 2.05) is 45.1 Å². The maximum absolute atomic E-state index is 11.0. The smallest absolute Gasteiger partial charge is 0.231 e. The fraction of sp³-hybridized carbons (Fsp3) is 0.455. The first-order valence-corrected chi connectivity index (χ1v) is 18.5. The van der Waals surface area contributed by atoms with Crippen molar-refractivity contribution in [2.75, 3.05) is 48.2 Å². The van der Waals surface area contributed by atoms with Gasteiger partial charge in [-0.05, 0) is 114 Å². The van der Waals surface area contributed by atoms with E-state index in [9.17, 15) is 5.11 Å². The number of rotatable bonds is 10. The van der Waals surface area contributed by atoms with Crippen LogP contribution in [0, 0.1) is 6.92 Å². The fourth-order valence-corrected chi connectivity index (χ4v) is 6.76. The molecular weight excluding hydrogens is 652 g/mol. The zero-order valence-corrected chi connectivity index (χ0v) is 33.0. The lowest BCUT2D eigenvalue weighted by molar-refractivity contribution is 0.155. The number of aryl methyl sites for hydroxylation is 1. The molecule has 3 atom stereocenters. The molecule has 3 aromatic carbocycles. The van der Waals surface area contributed by atoms with Crippen molar-refractivity contribution in [3.05, 3.63) is 112 Å².